The van der Waals surface area contributed by atoms with Crippen LogP contribution in [0.1, 0.15) is 47.5 Å². The van der Waals surface area contributed by atoms with Crippen molar-refractivity contribution in [1.82, 2.24) is 5.32 Å². The predicted octanol–water partition coefficient (Wildman–Crippen LogP) is 1.89. The molecule has 1 aliphatic heterocycles. The maximum Gasteiger partial charge on any atom is 0.328 e. The van der Waals surface area contributed by atoms with Crippen LogP contribution >= 0.6 is 0 Å². The number of esters is 1. The number of methoxy groups -OCH3 is 1. The molecule has 0 amide bonds. The van der Waals surface area contributed by atoms with Crippen molar-refractivity contribution in [1.29, 1.82) is 0 Å². The number of hydrogen-bond acceptors (Lipinski definition) is 5. The minimum Gasteiger partial charge on any atom is -0.468 e. The molecular formula is C15H29NO4. The maximum atomic E-state index is 12.0. The average Bonchev–Trinajstić information content (AvgIpc) is 2.33. The second-order valence-corrected chi connectivity index (χ2v) is 6.28. The lowest BCUT2D eigenvalue weighted by atomic mass is 10.00. The Morgan fingerprint density at radius 2 is 1.90 bits per heavy atom. The van der Waals surface area contributed by atoms with Gasteiger partial charge in [0.05, 0.1) is 32.0 Å². The molecule has 0 spiro atoms. The van der Waals surface area contributed by atoms with Crippen LogP contribution in [0, 0.1) is 0 Å². The van der Waals surface area contributed by atoms with E-state index in [1.54, 1.807) is 0 Å². The smallest absolute Gasteiger partial charge is 0.328 e. The lowest BCUT2D eigenvalue weighted by Crippen LogP contribution is -2.56. The SMILES string of the molecule is COC(=O)C(C)(COC1CC(C)OC(C)C1)NC(C)C. The Kier molecular flexibility index (Phi) is 6.43. The monoisotopic (exact) mass is 287 g/mol. The highest BCUT2D eigenvalue weighted by molar-refractivity contribution is 5.80. The molecule has 0 radical (unpaired) electrons. The quantitative estimate of drug-likeness (QED) is 0.756. The van der Waals surface area contributed by atoms with E-state index in [0.29, 0.717) is 6.61 Å². The Balaban J connectivity index is 2.59. The minimum atomic E-state index is -0.812. The first kappa shape index (κ1) is 17.4. The van der Waals surface area contributed by atoms with E-state index in [2.05, 4.69) is 19.2 Å². The van der Waals surface area contributed by atoms with E-state index in [4.69, 9.17) is 14.2 Å². The molecule has 5 nitrogen and oxygen atoms in total. The van der Waals surface area contributed by atoms with Gasteiger partial charge >= 0.3 is 5.97 Å². The van der Waals surface area contributed by atoms with Gasteiger partial charge in [-0.1, -0.05) is 0 Å². The van der Waals surface area contributed by atoms with Crippen molar-refractivity contribution in [3.8, 4) is 0 Å². The van der Waals surface area contributed by atoms with Crippen LogP contribution in [0.3, 0.4) is 0 Å². The highest BCUT2D eigenvalue weighted by atomic mass is 16.5. The van der Waals surface area contributed by atoms with Crippen molar-refractivity contribution in [3.63, 3.8) is 0 Å². The molecule has 1 saturated heterocycles. The van der Waals surface area contributed by atoms with Crippen molar-refractivity contribution < 1.29 is 19.0 Å². The zero-order chi connectivity index (χ0) is 15.3. The highest BCUT2D eigenvalue weighted by Gasteiger charge is 2.37. The van der Waals surface area contributed by atoms with Crippen LogP contribution in [0.4, 0.5) is 0 Å². The summed E-state index contributed by atoms with van der Waals surface area (Å²) < 4.78 is 16.6. The summed E-state index contributed by atoms with van der Waals surface area (Å²) in [6.45, 7) is 10.2. The van der Waals surface area contributed by atoms with E-state index >= 15 is 0 Å². The van der Waals surface area contributed by atoms with E-state index in [-0.39, 0.29) is 30.3 Å². The highest BCUT2D eigenvalue weighted by Crippen LogP contribution is 2.23. The normalized spacial score (nSPS) is 30.1. The van der Waals surface area contributed by atoms with Crippen molar-refractivity contribution in [2.75, 3.05) is 13.7 Å². The number of ether oxygens (including phenoxy) is 3. The lowest BCUT2D eigenvalue weighted by Gasteiger charge is -2.35. The van der Waals surface area contributed by atoms with Gasteiger partial charge in [-0.3, -0.25) is 5.32 Å². The Morgan fingerprint density at radius 3 is 2.35 bits per heavy atom. The van der Waals surface area contributed by atoms with Gasteiger partial charge in [0, 0.05) is 6.04 Å². The lowest BCUT2D eigenvalue weighted by molar-refractivity contribution is -0.155. The van der Waals surface area contributed by atoms with Crippen LogP contribution in [-0.2, 0) is 19.0 Å². The van der Waals surface area contributed by atoms with Gasteiger partial charge in [-0.15, -0.1) is 0 Å². The molecule has 0 aromatic rings. The Labute approximate surface area is 122 Å². The topological polar surface area (TPSA) is 56.8 Å². The zero-order valence-corrected chi connectivity index (χ0v) is 13.6. The Bertz CT molecular complexity index is 311. The summed E-state index contributed by atoms with van der Waals surface area (Å²) in [6, 6.07) is 0.176. The molecule has 0 saturated carbocycles. The summed E-state index contributed by atoms with van der Waals surface area (Å²) in [4.78, 5) is 12.0. The third-order valence-electron chi connectivity index (χ3n) is 3.51. The van der Waals surface area contributed by atoms with Gasteiger partial charge < -0.3 is 14.2 Å². The number of hydrogen-bond donors (Lipinski definition) is 1. The average molecular weight is 287 g/mol. The molecule has 5 heteroatoms. The van der Waals surface area contributed by atoms with E-state index in [1.165, 1.54) is 7.11 Å². The van der Waals surface area contributed by atoms with Crippen LogP contribution in [-0.4, -0.2) is 49.6 Å². The Hall–Kier alpha value is -0.650. The third kappa shape index (κ3) is 5.04. The van der Waals surface area contributed by atoms with E-state index in [9.17, 15) is 4.79 Å². The molecule has 0 aliphatic carbocycles. The van der Waals surface area contributed by atoms with E-state index in [1.807, 2.05) is 20.8 Å². The molecular weight excluding hydrogens is 258 g/mol. The molecule has 3 atom stereocenters. The number of nitrogens with one attached hydrogen (secondary N) is 1. The predicted molar refractivity (Wildman–Crippen MR) is 77.7 cm³/mol. The van der Waals surface area contributed by atoms with Crippen LogP contribution in [0.25, 0.3) is 0 Å². The number of carbonyl (C=O) groups is 1. The summed E-state index contributed by atoms with van der Waals surface area (Å²) in [5, 5.41) is 3.24. The first-order valence-electron chi connectivity index (χ1n) is 7.40. The van der Waals surface area contributed by atoms with Gasteiger partial charge in [-0.05, 0) is 47.5 Å². The van der Waals surface area contributed by atoms with Crippen molar-refractivity contribution in [2.45, 2.75) is 77.4 Å². The second kappa shape index (κ2) is 7.38. The fourth-order valence-corrected chi connectivity index (χ4v) is 2.79. The summed E-state index contributed by atoms with van der Waals surface area (Å²) in [6.07, 6.45) is 2.26. The molecule has 1 heterocycles. The Morgan fingerprint density at radius 1 is 1.35 bits per heavy atom. The molecule has 0 bridgehead atoms. The first-order valence-corrected chi connectivity index (χ1v) is 7.40. The van der Waals surface area contributed by atoms with Crippen LogP contribution in [0.2, 0.25) is 0 Å². The van der Waals surface area contributed by atoms with Gasteiger partial charge in [0.1, 0.15) is 5.54 Å². The van der Waals surface area contributed by atoms with Crippen molar-refractivity contribution >= 4 is 5.97 Å². The zero-order valence-electron chi connectivity index (χ0n) is 13.6. The molecule has 1 fully saturated rings. The molecule has 1 N–H and O–H groups in total. The van der Waals surface area contributed by atoms with Crippen molar-refractivity contribution in [3.05, 3.63) is 0 Å². The maximum absolute atomic E-state index is 12.0. The largest absolute Gasteiger partial charge is 0.468 e. The van der Waals surface area contributed by atoms with E-state index in [0.717, 1.165) is 12.8 Å². The number of carbonyl (C=O) groups excluding carboxylic acids is 1. The summed E-state index contributed by atoms with van der Waals surface area (Å²) >= 11 is 0. The van der Waals surface area contributed by atoms with Crippen molar-refractivity contribution in [2.24, 2.45) is 0 Å². The summed E-state index contributed by atoms with van der Waals surface area (Å²) in [7, 11) is 1.40. The van der Waals surface area contributed by atoms with Crippen LogP contribution < -0.4 is 5.32 Å². The first-order chi connectivity index (χ1) is 9.26. The molecule has 20 heavy (non-hydrogen) atoms. The number of rotatable bonds is 6. The fourth-order valence-electron chi connectivity index (χ4n) is 2.79. The molecule has 0 aromatic heterocycles. The van der Waals surface area contributed by atoms with Gasteiger partial charge in [0.15, 0.2) is 0 Å². The van der Waals surface area contributed by atoms with Gasteiger partial charge in [0.2, 0.25) is 0 Å². The van der Waals surface area contributed by atoms with E-state index < -0.39 is 5.54 Å². The van der Waals surface area contributed by atoms with Gasteiger partial charge in [-0.25, -0.2) is 4.79 Å². The fraction of sp³-hybridized carbons (Fsp3) is 0.933. The molecule has 0 aromatic carbocycles. The van der Waals surface area contributed by atoms with Gasteiger partial charge in [-0.2, -0.15) is 0 Å². The van der Waals surface area contributed by atoms with Gasteiger partial charge in [0.25, 0.3) is 0 Å². The molecule has 3 unspecified atom stereocenters. The minimum absolute atomic E-state index is 0.131. The third-order valence-corrected chi connectivity index (χ3v) is 3.51. The molecule has 1 aliphatic rings. The molecule has 1 rings (SSSR count). The summed E-state index contributed by atoms with van der Waals surface area (Å²) in [5.41, 5.74) is -0.812. The van der Waals surface area contributed by atoms with Crippen LogP contribution in [0.5, 0.6) is 0 Å². The standard InChI is InChI=1S/C15H29NO4/c1-10(2)16-15(5,14(17)18-6)9-19-13-7-11(3)20-12(4)8-13/h10-13,16H,7-9H2,1-6H3. The molecule has 118 valence electrons. The summed E-state index contributed by atoms with van der Waals surface area (Å²) in [5.74, 6) is -0.292. The van der Waals surface area contributed by atoms with Crippen LogP contribution in [0.15, 0.2) is 0 Å². The second-order valence-electron chi connectivity index (χ2n) is 6.28.